The maximum absolute atomic E-state index is 4.48. The number of rotatable bonds is 8. The van der Waals surface area contributed by atoms with Crippen molar-refractivity contribution < 1.29 is 0 Å². The van der Waals surface area contributed by atoms with E-state index < -0.39 is 5.41 Å². The number of hydrogen-bond acceptors (Lipinski definition) is 1. The summed E-state index contributed by atoms with van der Waals surface area (Å²) in [7, 11) is 0. The molecule has 0 amide bonds. The minimum Gasteiger partial charge on any atom is -0.309 e. The molecule has 2 aliphatic carbocycles. The third-order valence-electron chi connectivity index (χ3n) is 12.4. The lowest BCUT2D eigenvalue weighted by Crippen LogP contribution is -2.29. The fourth-order valence-corrected chi connectivity index (χ4v) is 10.1. The van der Waals surface area contributed by atoms with Crippen molar-refractivity contribution in [2.24, 2.45) is 0 Å². The Hall–Kier alpha value is -6.96. The van der Waals surface area contributed by atoms with E-state index in [1.165, 1.54) is 72.0 Å². The standard InChI is InChI=1S/C56H43N/c1-5-22-39(6-2)56(40-25-12-8-13-26-40)49-34-21-19-32-47(49)52-53(56)46-31-17-16-30-45(46)51(38-23-10-7-11-24-38)54(52)57(41-27-14-9-15-28-41)42-35-36-44-43-29-18-20-33-48(43)55(3,4)50(44)37-42/h5-37H,1-2H2,3-4H3/b39-22+. The van der Waals surface area contributed by atoms with Crippen molar-refractivity contribution in [2.45, 2.75) is 24.7 Å². The summed E-state index contributed by atoms with van der Waals surface area (Å²) in [5.41, 5.74) is 17.4. The molecule has 1 atom stereocenters. The molecule has 0 bridgehead atoms. The first kappa shape index (κ1) is 34.5. The van der Waals surface area contributed by atoms with E-state index in [2.05, 4.69) is 220 Å². The van der Waals surface area contributed by atoms with Crippen molar-refractivity contribution in [2.75, 3.05) is 4.90 Å². The van der Waals surface area contributed by atoms with Crippen LogP contribution in [0.3, 0.4) is 0 Å². The van der Waals surface area contributed by atoms with Gasteiger partial charge < -0.3 is 4.90 Å². The number of anilines is 3. The predicted molar refractivity (Wildman–Crippen MR) is 242 cm³/mol. The molecule has 0 saturated heterocycles. The van der Waals surface area contributed by atoms with Gasteiger partial charge in [-0.1, -0.05) is 203 Å². The fourth-order valence-electron chi connectivity index (χ4n) is 10.1. The lowest BCUT2D eigenvalue weighted by atomic mass is 9.65. The van der Waals surface area contributed by atoms with E-state index in [1.54, 1.807) is 0 Å². The van der Waals surface area contributed by atoms with E-state index in [-0.39, 0.29) is 5.41 Å². The second-order valence-electron chi connectivity index (χ2n) is 15.7. The minimum absolute atomic E-state index is 0.165. The number of allylic oxidation sites excluding steroid dienone is 4. The number of benzene rings is 8. The second kappa shape index (κ2) is 13.4. The highest BCUT2D eigenvalue weighted by Gasteiger charge is 2.50. The van der Waals surface area contributed by atoms with E-state index >= 15 is 0 Å². The molecule has 1 nitrogen and oxygen atoms in total. The van der Waals surface area contributed by atoms with Gasteiger partial charge in [0.05, 0.1) is 11.1 Å². The predicted octanol–water partition coefficient (Wildman–Crippen LogP) is 14.9. The molecular weight excluding hydrogens is 687 g/mol. The van der Waals surface area contributed by atoms with E-state index in [0.29, 0.717) is 0 Å². The van der Waals surface area contributed by atoms with Crippen molar-refractivity contribution in [3.63, 3.8) is 0 Å². The van der Waals surface area contributed by atoms with Crippen molar-refractivity contribution in [1.82, 2.24) is 0 Å². The van der Waals surface area contributed by atoms with Gasteiger partial charge in [-0.15, -0.1) is 0 Å². The molecule has 2 aliphatic rings. The summed E-state index contributed by atoms with van der Waals surface area (Å²) in [4.78, 5) is 2.54. The van der Waals surface area contributed by atoms with Gasteiger partial charge in [0.25, 0.3) is 0 Å². The van der Waals surface area contributed by atoms with Gasteiger partial charge in [0, 0.05) is 27.9 Å². The van der Waals surface area contributed by atoms with Gasteiger partial charge >= 0.3 is 0 Å². The Morgan fingerprint density at radius 1 is 0.509 bits per heavy atom. The molecule has 0 heterocycles. The number of para-hydroxylation sites is 1. The number of nitrogens with zero attached hydrogens (tertiary/aromatic N) is 1. The Kier molecular flexibility index (Phi) is 8.09. The van der Waals surface area contributed by atoms with Gasteiger partial charge in [-0.25, -0.2) is 0 Å². The lowest BCUT2D eigenvalue weighted by Gasteiger charge is -2.37. The SMILES string of the molecule is C=C/C=C(\C=C)C1(c2ccccc2)c2ccccc2-c2c(N(c3ccccc3)c3ccc4c(c3)C(C)(C)c3ccccc3-4)c(-c3ccccc3)c3ccccc3c21. The summed E-state index contributed by atoms with van der Waals surface area (Å²) in [6, 6.07) is 67.0. The molecule has 10 rings (SSSR count). The summed E-state index contributed by atoms with van der Waals surface area (Å²) in [5.74, 6) is 0. The average Bonchev–Trinajstić information content (AvgIpc) is 3.70. The Morgan fingerprint density at radius 2 is 1.09 bits per heavy atom. The summed E-state index contributed by atoms with van der Waals surface area (Å²) >= 11 is 0. The van der Waals surface area contributed by atoms with Crippen LogP contribution in [0.15, 0.2) is 219 Å². The van der Waals surface area contributed by atoms with E-state index in [4.69, 9.17) is 0 Å². The molecule has 0 aliphatic heterocycles. The van der Waals surface area contributed by atoms with Crippen molar-refractivity contribution in [3.8, 4) is 33.4 Å². The van der Waals surface area contributed by atoms with Crippen LogP contribution < -0.4 is 4.90 Å². The normalized spacial score (nSPS) is 16.0. The zero-order chi connectivity index (χ0) is 38.7. The summed E-state index contributed by atoms with van der Waals surface area (Å²) < 4.78 is 0. The van der Waals surface area contributed by atoms with Crippen LogP contribution in [0.5, 0.6) is 0 Å². The van der Waals surface area contributed by atoms with Crippen LogP contribution >= 0.6 is 0 Å². The van der Waals surface area contributed by atoms with Crippen molar-refractivity contribution >= 4 is 27.8 Å². The maximum atomic E-state index is 4.48. The Labute approximate surface area is 336 Å². The van der Waals surface area contributed by atoms with Gasteiger partial charge in [0.2, 0.25) is 0 Å². The van der Waals surface area contributed by atoms with Gasteiger partial charge in [0.1, 0.15) is 0 Å². The first-order chi connectivity index (χ1) is 28.0. The summed E-state index contributed by atoms with van der Waals surface area (Å²) in [6.45, 7) is 13.4. The molecule has 272 valence electrons. The molecule has 57 heavy (non-hydrogen) atoms. The topological polar surface area (TPSA) is 3.24 Å². The van der Waals surface area contributed by atoms with Crippen LogP contribution in [0, 0.1) is 0 Å². The lowest BCUT2D eigenvalue weighted by molar-refractivity contribution is 0.660. The van der Waals surface area contributed by atoms with Crippen molar-refractivity contribution in [3.05, 3.63) is 247 Å². The maximum Gasteiger partial charge on any atom is 0.0720 e. The van der Waals surface area contributed by atoms with Crippen molar-refractivity contribution in [1.29, 1.82) is 0 Å². The van der Waals surface area contributed by atoms with Crippen LogP contribution in [0.4, 0.5) is 17.1 Å². The van der Waals surface area contributed by atoms with Crippen LogP contribution in [0.1, 0.15) is 41.7 Å². The first-order valence-electron chi connectivity index (χ1n) is 19.9. The first-order valence-corrected chi connectivity index (χ1v) is 19.9. The molecule has 8 aromatic rings. The third kappa shape index (κ3) is 4.95. The summed E-state index contributed by atoms with van der Waals surface area (Å²) in [5, 5.41) is 2.41. The van der Waals surface area contributed by atoms with E-state index in [9.17, 15) is 0 Å². The third-order valence-corrected chi connectivity index (χ3v) is 12.4. The van der Waals surface area contributed by atoms with Crippen LogP contribution in [0.25, 0.3) is 44.2 Å². The molecule has 8 aromatic carbocycles. The molecule has 0 aromatic heterocycles. The molecule has 0 saturated carbocycles. The van der Waals surface area contributed by atoms with Gasteiger partial charge in [-0.2, -0.15) is 0 Å². The molecule has 1 heteroatoms. The molecule has 0 spiro atoms. The molecular formula is C56H43N. The highest BCUT2D eigenvalue weighted by atomic mass is 15.1. The Bertz CT molecular complexity index is 2900. The highest BCUT2D eigenvalue weighted by Crippen LogP contribution is 2.64. The van der Waals surface area contributed by atoms with Gasteiger partial charge in [-0.05, 0) is 90.7 Å². The molecule has 0 fully saturated rings. The highest BCUT2D eigenvalue weighted by molar-refractivity contribution is 6.16. The van der Waals surface area contributed by atoms with Gasteiger partial charge in [-0.3, -0.25) is 0 Å². The zero-order valence-electron chi connectivity index (χ0n) is 32.4. The zero-order valence-corrected chi connectivity index (χ0v) is 32.4. The quantitative estimate of drug-likeness (QED) is 0.141. The molecule has 1 unspecified atom stereocenters. The number of fused-ring (bicyclic) bond motifs is 8. The second-order valence-corrected chi connectivity index (χ2v) is 15.7. The van der Waals surface area contributed by atoms with E-state index in [1.807, 2.05) is 12.2 Å². The van der Waals surface area contributed by atoms with E-state index in [0.717, 1.165) is 22.6 Å². The Morgan fingerprint density at radius 3 is 1.79 bits per heavy atom. The minimum atomic E-state index is -0.684. The van der Waals surface area contributed by atoms with Crippen LogP contribution in [0.2, 0.25) is 0 Å². The molecule has 0 N–H and O–H groups in total. The van der Waals surface area contributed by atoms with Crippen LogP contribution in [-0.4, -0.2) is 0 Å². The molecule has 0 radical (unpaired) electrons. The largest absolute Gasteiger partial charge is 0.309 e. The monoisotopic (exact) mass is 729 g/mol. The van der Waals surface area contributed by atoms with Crippen LogP contribution in [-0.2, 0) is 10.8 Å². The average molecular weight is 730 g/mol. The summed E-state index contributed by atoms with van der Waals surface area (Å²) in [6.07, 6.45) is 6.10. The number of hydrogen-bond donors (Lipinski definition) is 0. The smallest absolute Gasteiger partial charge is 0.0720 e. The Balaban J connectivity index is 1.43. The van der Waals surface area contributed by atoms with Gasteiger partial charge in [0.15, 0.2) is 0 Å². The fraction of sp³-hybridized carbons (Fsp3) is 0.0714.